The highest BCUT2D eigenvalue weighted by atomic mass is 35.5. The summed E-state index contributed by atoms with van der Waals surface area (Å²) in [6, 6.07) is 15.7. The fourth-order valence-corrected chi connectivity index (χ4v) is 5.03. The number of anilines is 1. The molecule has 0 radical (unpaired) electrons. The van der Waals surface area contributed by atoms with Gasteiger partial charge in [0, 0.05) is 22.2 Å². The van der Waals surface area contributed by atoms with Gasteiger partial charge in [-0.3, -0.25) is 9.35 Å². The molecule has 38 heavy (non-hydrogen) atoms. The summed E-state index contributed by atoms with van der Waals surface area (Å²) in [6.45, 7) is 3.74. The van der Waals surface area contributed by atoms with E-state index in [2.05, 4.69) is 15.5 Å². The van der Waals surface area contributed by atoms with E-state index in [1.165, 1.54) is 19.1 Å². The summed E-state index contributed by atoms with van der Waals surface area (Å²) in [6.07, 6.45) is 0. The largest absolute Gasteiger partial charge is 0.505 e. The van der Waals surface area contributed by atoms with Crippen molar-refractivity contribution in [2.75, 3.05) is 11.9 Å². The van der Waals surface area contributed by atoms with Crippen LogP contribution in [0.3, 0.4) is 0 Å². The van der Waals surface area contributed by atoms with Crippen LogP contribution in [0.2, 0.25) is 10.0 Å². The number of phenolic OH excluding ortho intramolecular Hbond substituents is 1. The van der Waals surface area contributed by atoms with Gasteiger partial charge >= 0.3 is 0 Å². The quantitative estimate of drug-likeness (QED) is 0.155. The fraction of sp³-hybridized carbons (Fsp3) is 0.115. The zero-order valence-electron chi connectivity index (χ0n) is 20.1. The lowest BCUT2D eigenvalue weighted by molar-refractivity contribution is 0.102. The van der Waals surface area contributed by atoms with Crippen LogP contribution in [0.15, 0.2) is 75.8 Å². The first kappa shape index (κ1) is 27.3. The third-order valence-corrected chi connectivity index (χ3v) is 7.25. The Balaban J connectivity index is 1.77. The number of hydrogen-bond donors (Lipinski definition) is 3. The van der Waals surface area contributed by atoms with Crippen LogP contribution in [0.5, 0.6) is 11.5 Å². The Bertz CT molecular complexity index is 1710. The molecule has 0 atom stereocenters. The van der Waals surface area contributed by atoms with Crippen molar-refractivity contribution >= 4 is 67.1 Å². The number of carbonyl (C=O) groups is 1. The third kappa shape index (κ3) is 5.73. The zero-order valence-corrected chi connectivity index (χ0v) is 22.4. The van der Waals surface area contributed by atoms with E-state index >= 15 is 0 Å². The molecule has 0 bridgehead atoms. The molecule has 4 aromatic carbocycles. The monoisotopic (exact) mass is 573 g/mol. The van der Waals surface area contributed by atoms with Gasteiger partial charge in [-0.1, -0.05) is 47.5 Å². The molecule has 196 valence electrons. The highest BCUT2D eigenvalue weighted by Gasteiger charge is 2.20. The van der Waals surface area contributed by atoms with Crippen molar-refractivity contribution in [2.24, 2.45) is 10.2 Å². The summed E-state index contributed by atoms with van der Waals surface area (Å²) >= 11 is 12.3. The number of benzene rings is 4. The standard InChI is InChI=1S/C26H21Cl2N3O6S/c1-3-37-18-12-16(27)11-17(13-18)29-26(33)20-10-15-6-4-5-7-19(15)24(25(20)32)31-30-21-8-9-22(38(34,35)36)23(28)14(21)2/h4-13,32H,3H2,1-2H3,(H,29,33)(H,34,35,36). The van der Waals surface area contributed by atoms with Crippen LogP contribution in [0.4, 0.5) is 17.1 Å². The molecule has 0 saturated heterocycles. The first-order valence-electron chi connectivity index (χ1n) is 11.2. The number of fused-ring (bicyclic) bond motifs is 1. The predicted molar refractivity (Wildman–Crippen MR) is 146 cm³/mol. The molecule has 9 nitrogen and oxygen atoms in total. The summed E-state index contributed by atoms with van der Waals surface area (Å²) in [5.74, 6) is -0.567. The molecule has 0 spiro atoms. The van der Waals surface area contributed by atoms with Gasteiger partial charge < -0.3 is 15.2 Å². The molecular formula is C26H21Cl2N3O6S. The Hall–Kier alpha value is -3.70. The lowest BCUT2D eigenvalue weighted by Gasteiger charge is -2.12. The number of azo groups is 1. The van der Waals surface area contributed by atoms with E-state index in [1.807, 2.05) is 6.92 Å². The van der Waals surface area contributed by atoms with Gasteiger partial charge in [0.25, 0.3) is 16.0 Å². The average molecular weight is 574 g/mol. The molecule has 1 amide bonds. The molecule has 4 aromatic rings. The van der Waals surface area contributed by atoms with Gasteiger partial charge in [0.1, 0.15) is 16.3 Å². The molecule has 4 rings (SSSR count). The molecule has 3 N–H and O–H groups in total. The SMILES string of the molecule is CCOc1cc(Cl)cc(NC(=O)c2cc3ccccc3c(N=Nc3ccc(S(=O)(=O)O)c(Cl)c3C)c2O)c1. The van der Waals surface area contributed by atoms with Crippen LogP contribution in [0.1, 0.15) is 22.8 Å². The van der Waals surface area contributed by atoms with E-state index in [0.717, 1.165) is 6.07 Å². The maximum atomic E-state index is 13.2. The highest BCUT2D eigenvalue weighted by Crippen LogP contribution is 2.41. The second-order valence-corrected chi connectivity index (χ2v) is 10.3. The minimum atomic E-state index is -4.53. The van der Waals surface area contributed by atoms with Crippen molar-refractivity contribution in [2.45, 2.75) is 18.7 Å². The van der Waals surface area contributed by atoms with Gasteiger partial charge in [-0.25, -0.2) is 0 Å². The number of amides is 1. The van der Waals surface area contributed by atoms with E-state index in [9.17, 15) is 22.9 Å². The topological polar surface area (TPSA) is 138 Å². The van der Waals surface area contributed by atoms with Crippen molar-refractivity contribution in [1.29, 1.82) is 0 Å². The predicted octanol–water partition coefficient (Wildman–Crippen LogP) is 7.47. The summed E-state index contributed by atoms with van der Waals surface area (Å²) in [4.78, 5) is 12.7. The minimum Gasteiger partial charge on any atom is -0.505 e. The second-order valence-electron chi connectivity index (χ2n) is 8.10. The number of phenols is 1. The number of nitrogens with zero attached hydrogens (tertiary/aromatic N) is 2. The molecule has 0 aliphatic rings. The van der Waals surface area contributed by atoms with E-state index in [4.69, 9.17) is 27.9 Å². The van der Waals surface area contributed by atoms with Crippen molar-refractivity contribution in [3.63, 3.8) is 0 Å². The molecular weight excluding hydrogens is 553 g/mol. The smallest absolute Gasteiger partial charge is 0.296 e. The van der Waals surface area contributed by atoms with Crippen LogP contribution in [0.25, 0.3) is 10.8 Å². The molecule has 0 saturated carbocycles. The number of hydrogen-bond acceptors (Lipinski definition) is 7. The maximum absolute atomic E-state index is 13.2. The maximum Gasteiger partial charge on any atom is 0.296 e. The van der Waals surface area contributed by atoms with Crippen LogP contribution < -0.4 is 10.1 Å². The van der Waals surface area contributed by atoms with Crippen LogP contribution in [-0.4, -0.2) is 30.6 Å². The summed E-state index contributed by atoms with van der Waals surface area (Å²) in [5, 5.41) is 23.4. The number of ether oxygens (including phenoxy) is 1. The second kappa shape index (κ2) is 11.0. The lowest BCUT2D eigenvalue weighted by Crippen LogP contribution is -2.12. The minimum absolute atomic E-state index is 0.0173. The van der Waals surface area contributed by atoms with Gasteiger partial charge in [0.2, 0.25) is 0 Å². The third-order valence-electron chi connectivity index (χ3n) is 5.54. The molecule has 0 fully saturated rings. The van der Waals surface area contributed by atoms with E-state index < -0.39 is 26.7 Å². The number of rotatable bonds is 7. The number of aromatic hydroxyl groups is 1. The van der Waals surface area contributed by atoms with Crippen molar-refractivity contribution in [1.82, 2.24) is 0 Å². The zero-order chi connectivity index (χ0) is 27.6. The molecule has 0 aromatic heterocycles. The first-order chi connectivity index (χ1) is 18.0. The van der Waals surface area contributed by atoms with Crippen molar-refractivity contribution in [3.05, 3.63) is 81.8 Å². The summed E-state index contributed by atoms with van der Waals surface area (Å²) in [7, 11) is -4.53. The summed E-state index contributed by atoms with van der Waals surface area (Å²) < 4.78 is 37.8. The van der Waals surface area contributed by atoms with Crippen LogP contribution >= 0.6 is 23.2 Å². The normalized spacial score (nSPS) is 11.7. The van der Waals surface area contributed by atoms with Gasteiger partial charge in [-0.2, -0.15) is 13.5 Å². The Labute approximate surface area is 228 Å². The van der Waals surface area contributed by atoms with Crippen LogP contribution in [0, 0.1) is 6.92 Å². The van der Waals surface area contributed by atoms with Gasteiger partial charge in [0.15, 0.2) is 5.75 Å². The highest BCUT2D eigenvalue weighted by molar-refractivity contribution is 7.86. The average Bonchev–Trinajstić information content (AvgIpc) is 2.84. The van der Waals surface area contributed by atoms with E-state index in [1.54, 1.807) is 42.5 Å². The molecule has 0 unspecified atom stereocenters. The fourth-order valence-electron chi connectivity index (χ4n) is 3.74. The molecule has 12 heteroatoms. The van der Waals surface area contributed by atoms with E-state index in [0.29, 0.717) is 33.8 Å². The van der Waals surface area contributed by atoms with Gasteiger partial charge in [-0.15, -0.1) is 5.11 Å². The number of halogens is 2. The molecule has 0 aliphatic carbocycles. The van der Waals surface area contributed by atoms with Crippen molar-refractivity contribution in [3.8, 4) is 11.5 Å². The molecule has 0 aliphatic heterocycles. The van der Waals surface area contributed by atoms with Crippen molar-refractivity contribution < 1.29 is 27.6 Å². The van der Waals surface area contributed by atoms with Gasteiger partial charge in [0.05, 0.1) is 22.9 Å². The summed E-state index contributed by atoms with van der Waals surface area (Å²) in [5.41, 5.74) is 0.763. The number of nitrogens with one attached hydrogen (secondary N) is 1. The Kier molecular flexibility index (Phi) is 7.89. The van der Waals surface area contributed by atoms with Crippen LogP contribution in [-0.2, 0) is 10.1 Å². The Morgan fingerprint density at radius 2 is 1.79 bits per heavy atom. The number of carbonyl (C=O) groups excluding carboxylic acids is 1. The van der Waals surface area contributed by atoms with E-state index in [-0.39, 0.29) is 27.5 Å². The molecule has 0 heterocycles. The Morgan fingerprint density at radius 1 is 1.05 bits per heavy atom. The lowest BCUT2D eigenvalue weighted by atomic mass is 10.0. The Morgan fingerprint density at radius 3 is 2.50 bits per heavy atom. The first-order valence-corrected chi connectivity index (χ1v) is 13.4. The van der Waals surface area contributed by atoms with Gasteiger partial charge in [-0.05, 0) is 55.1 Å².